The molecule has 1 aliphatic carbocycles. The summed E-state index contributed by atoms with van der Waals surface area (Å²) in [5.74, 6) is 0.109. The third-order valence-electron chi connectivity index (χ3n) is 4.86. The normalized spacial score (nSPS) is 39.2. The number of morpholine rings is 1. The Balaban J connectivity index is 1.68. The molecule has 1 saturated carbocycles. The Morgan fingerprint density at radius 2 is 1.84 bits per heavy atom. The van der Waals surface area contributed by atoms with Gasteiger partial charge in [-0.2, -0.15) is 0 Å². The molecule has 2 aliphatic heterocycles. The van der Waals surface area contributed by atoms with Crippen molar-refractivity contribution in [3.63, 3.8) is 0 Å². The van der Waals surface area contributed by atoms with Gasteiger partial charge in [0.1, 0.15) is 0 Å². The molecule has 2 saturated heterocycles. The maximum absolute atomic E-state index is 12.1. The summed E-state index contributed by atoms with van der Waals surface area (Å²) in [6, 6.07) is 0.389. The molecule has 0 spiro atoms. The molecule has 4 nitrogen and oxygen atoms in total. The van der Waals surface area contributed by atoms with Crippen molar-refractivity contribution in [1.29, 1.82) is 0 Å². The summed E-state index contributed by atoms with van der Waals surface area (Å²) >= 11 is 0. The maximum atomic E-state index is 12.1. The van der Waals surface area contributed by atoms with Crippen molar-refractivity contribution in [3.05, 3.63) is 0 Å². The summed E-state index contributed by atoms with van der Waals surface area (Å²) < 4.78 is 11.2. The Morgan fingerprint density at radius 1 is 1.16 bits per heavy atom. The number of esters is 1. The van der Waals surface area contributed by atoms with Crippen LogP contribution in [0.1, 0.15) is 45.4 Å². The first-order valence-electron chi connectivity index (χ1n) is 7.84. The van der Waals surface area contributed by atoms with Gasteiger partial charge < -0.3 is 9.47 Å². The Morgan fingerprint density at radius 3 is 2.53 bits per heavy atom. The minimum Gasteiger partial charge on any atom is -0.466 e. The van der Waals surface area contributed by atoms with Crippen molar-refractivity contribution in [2.75, 3.05) is 19.7 Å². The summed E-state index contributed by atoms with van der Waals surface area (Å²) in [5.41, 5.74) is 0. The fourth-order valence-corrected chi connectivity index (χ4v) is 3.99. The Hall–Kier alpha value is -0.610. The third-order valence-corrected chi connectivity index (χ3v) is 4.86. The molecule has 2 heterocycles. The molecule has 19 heavy (non-hydrogen) atoms. The van der Waals surface area contributed by atoms with Crippen LogP contribution in [0.3, 0.4) is 0 Å². The van der Waals surface area contributed by atoms with Crippen LogP contribution in [0, 0.1) is 5.92 Å². The van der Waals surface area contributed by atoms with Crippen LogP contribution in [0.2, 0.25) is 0 Å². The highest BCUT2D eigenvalue weighted by Gasteiger charge is 2.41. The average Bonchev–Trinajstić information content (AvgIpc) is 2.78. The second-order valence-electron chi connectivity index (χ2n) is 6.12. The summed E-state index contributed by atoms with van der Waals surface area (Å²) in [6.07, 6.45) is 7.74. The molecule has 4 unspecified atom stereocenters. The molecule has 0 N–H and O–H groups in total. The predicted octanol–water partition coefficient (Wildman–Crippen LogP) is 1.97. The Labute approximate surface area is 115 Å². The lowest BCUT2D eigenvalue weighted by Crippen LogP contribution is -2.53. The van der Waals surface area contributed by atoms with Crippen LogP contribution in [-0.4, -0.2) is 48.8 Å². The fraction of sp³-hybridized carbons (Fsp3) is 0.933. The number of carbonyl (C=O) groups excluding carboxylic acids is 1. The van der Waals surface area contributed by atoms with E-state index in [0.717, 1.165) is 32.4 Å². The number of ether oxygens (including phenoxy) is 2. The highest BCUT2D eigenvalue weighted by molar-refractivity contribution is 5.73. The van der Waals surface area contributed by atoms with Gasteiger partial charge in [-0.05, 0) is 32.6 Å². The van der Waals surface area contributed by atoms with Crippen LogP contribution in [0.15, 0.2) is 0 Å². The van der Waals surface area contributed by atoms with Gasteiger partial charge in [0.25, 0.3) is 0 Å². The van der Waals surface area contributed by atoms with Gasteiger partial charge in [0, 0.05) is 19.1 Å². The lowest BCUT2D eigenvalue weighted by molar-refractivity contribution is -0.154. The Kier molecular flexibility index (Phi) is 4.08. The van der Waals surface area contributed by atoms with Crippen molar-refractivity contribution in [1.82, 2.24) is 4.90 Å². The number of rotatable bonds is 3. The van der Waals surface area contributed by atoms with E-state index in [1.165, 1.54) is 19.3 Å². The van der Waals surface area contributed by atoms with E-state index in [1.54, 1.807) is 0 Å². The van der Waals surface area contributed by atoms with Crippen LogP contribution in [0.4, 0.5) is 0 Å². The van der Waals surface area contributed by atoms with Gasteiger partial charge in [-0.25, -0.2) is 0 Å². The summed E-state index contributed by atoms with van der Waals surface area (Å²) in [5, 5.41) is 0. The molecule has 0 aromatic heterocycles. The molecule has 3 rings (SSSR count). The van der Waals surface area contributed by atoms with Crippen LogP contribution >= 0.6 is 0 Å². The first-order valence-corrected chi connectivity index (χ1v) is 7.84. The molecule has 4 heteroatoms. The second kappa shape index (κ2) is 5.80. The zero-order valence-electron chi connectivity index (χ0n) is 11.8. The molecule has 2 bridgehead atoms. The number of hydrogen-bond acceptors (Lipinski definition) is 4. The minimum atomic E-state index is 0.0195. The number of hydrogen-bond donors (Lipinski definition) is 0. The highest BCUT2D eigenvalue weighted by Crippen LogP contribution is 2.34. The largest absolute Gasteiger partial charge is 0.466 e. The average molecular weight is 267 g/mol. The van der Waals surface area contributed by atoms with E-state index in [1.807, 2.05) is 6.92 Å². The van der Waals surface area contributed by atoms with Crippen molar-refractivity contribution >= 4 is 5.97 Å². The lowest BCUT2D eigenvalue weighted by atomic mass is 9.83. The smallest absolute Gasteiger partial charge is 0.310 e. The number of fused-ring (bicyclic) bond motifs is 2. The standard InChI is InChI=1S/C15H25NO3/c1-2-18-15(17)13-5-3-4-6-14(13)16-9-11-7-8-12(10-16)19-11/h11-14H,2-10H2,1H3. The topological polar surface area (TPSA) is 38.8 Å². The van der Waals surface area contributed by atoms with Crippen LogP contribution < -0.4 is 0 Å². The zero-order valence-corrected chi connectivity index (χ0v) is 11.8. The van der Waals surface area contributed by atoms with Gasteiger partial charge in [0.05, 0.1) is 24.7 Å². The van der Waals surface area contributed by atoms with Crippen molar-refractivity contribution < 1.29 is 14.3 Å². The fourth-order valence-electron chi connectivity index (χ4n) is 3.99. The third kappa shape index (κ3) is 2.79. The molecule has 0 aromatic carbocycles. The molecule has 0 amide bonds. The van der Waals surface area contributed by atoms with Gasteiger partial charge >= 0.3 is 5.97 Å². The van der Waals surface area contributed by atoms with E-state index in [2.05, 4.69) is 4.90 Å². The summed E-state index contributed by atoms with van der Waals surface area (Å²) in [4.78, 5) is 14.7. The molecule has 108 valence electrons. The lowest BCUT2D eigenvalue weighted by Gasteiger charge is -2.42. The highest BCUT2D eigenvalue weighted by atomic mass is 16.5. The summed E-state index contributed by atoms with van der Waals surface area (Å²) in [7, 11) is 0. The quantitative estimate of drug-likeness (QED) is 0.733. The van der Waals surface area contributed by atoms with Gasteiger partial charge in [0.15, 0.2) is 0 Å². The van der Waals surface area contributed by atoms with Gasteiger partial charge in [0.2, 0.25) is 0 Å². The second-order valence-corrected chi connectivity index (χ2v) is 6.12. The zero-order chi connectivity index (χ0) is 13.2. The van der Waals surface area contributed by atoms with E-state index >= 15 is 0 Å². The van der Waals surface area contributed by atoms with Crippen molar-refractivity contribution in [3.8, 4) is 0 Å². The first-order chi connectivity index (χ1) is 9.28. The van der Waals surface area contributed by atoms with Gasteiger partial charge in [-0.1, -0.05) is 12.8 Å². The number of carbonyl (C=O) groups is 1. The first kappa shape index (κ1) is 13.4. The molecule has 3 fully saturated rings. The van der Waals surface area contributed by atoms with E-state index in [0.29, 0.717) is 24.9 Å². The van der Waals surface area contributed by atoms with Crippen LogP contribution in [0.5, 0.6) is 0 Å². The van der Waals surface area contributed by atoms with E-state index < -0.39 is 0 Å². The number of likely N-dealkylation sites (tertiary alicyclic amines) is 1. The van der Waals surface area contributed by atoms with E-state index in [9.17, 15) is 4.79 Å². The van der Waals surface area contributed by atoms with Crippen LogP contribution in [-0.2, 0) is 14.3 Å². The predicted molar refractivity (Wildman–Crippen MR) is 71.8 cm³/mol. The SMILES string of the molecule is CCOC(=O)C1CCCCC1N1CC2CCC(C1)O2. The van der Waals surface area contributed by atoms with Gasteiger partial charge in [-0.15, -0.1) is 0 Å². The van der Waals surface area contributed by atoms with E-state index in [-0.39, 0.29) is 11.9 Å². The molecule has 0 radical (unpaired) electrons. The minimum absolute atomic E-state index is 0.0195. The molecule has 3 aliphatic rings. The van der Waals surface area contributed by atoms with Gasteiger partial charge in [-0.3, -0.25) is 9.69 Å². The van der Waals surface area contributed by atoms with Crippen LogP contribution in [0.25, 0.3) is 0 Å². The molecule has 4 atom stereocenters. The molecule has 0 aromatic rings. The molecular weight excluding hydrogens is 242 g/mol. The van der Waals surface area contributed by atoms with Crippen molar-refractivity contribution in [2.24, 2.45) is 5.92 Å². The van der Waals surface area contributed by atoms with E-state index in [4.69, 9.17) is 9.47 Å². The monoisotopic (exact) mass is 267 g/mol. The Bertz CT molecular complexity index is 321. The number of nitrogens with zero attached hydrogens (tertiary/aromatic N) is 1. The summed E-state index contributed by atoms with van der Waals surface area (Å²) in [6.45, 7) is 4.41. The maximum Gasteiger partial charge on any atom is 0.310 e. The molecular formula is C15H25NO3. The van der Waals surface area contributed by atoms with Crippen molar-refractivity contribution in [2.45, 2.75) is 63.7 Å².